The number of hydrogen-bond acceptors (Lipinski definition) is 2. The smallest absolute Gasteiger partial charge is 0.134 e. The van der Waals surface area contributed by atoms with Gasteiger partial charge in [-0.05, 0) is 36.8 Å². The predicted molar refractivity (Wildman–Crippen MR) is 88.6 cm³/mol. The molecule has 0 atom stereocenters. The third kappa shape index (κ3) is 3.29. The minimum atomic E-state index is 0.258. The molecule has 0 saturated heterocycles. The highest BCUT2D eigenvalue weighted by molar-refractivity contribution is 5.48. The molecule has 0 aromatic heterocycles. The zero-order chi connectivity index (χ0) is 15.4. The molecule has 3 aromatic rings. The molecule has 0 aliphatic carbocycles. The van der Waals surface area contributed by atoms with Gasteiger partial charge in [0.25, 0.3) is 0 Å². The summed E-state index contributed by atoms with van der Waals surface area (Å²) in [5, 5.41) is 10.2. The summed E-state index contributed by atoms with van der Waals surface area (Å²) in [5.41, 5.74) is 3.12. The van der Waals surface area contributed by atoms with Gasteiger partial charge in [-0.25, -0.2) is 0 Å². The Labute approximate surface area is 130 Å². The highest BCUT2D eigenvalue weighted by Crippen LogP contribution is 2.33. The van der Waals surface area contributed by atoms with Crippen molar-refractivity contribution < 1.29 is 9.84 Å². The molecule has 0 amide bonds. The van der Waals surface area contributed by atoms with E-state index < -0.39 is 0 Å². The highest BCUT2D eigenvalue weighted by Gasteiger charge is 2.10. The van der Waals surface area contributed by atoms with E-state index in [4.69, 9.17) is 4.74 Å². The molecule has 0 radical (unpaired) electrons. The first-order valence-electron chi connectivity index (χ1n) is 7.32. The van der Waals surface area contributed by atoms with Crippen molar-refractivity contribution in [2.45, 2.75) is 13.3 Å². The number of hydrogen-bond donors (Lipinski definition) is 1. The standard InChI is InChI=1S/C20H18O2/c1-15-10-12-17(13-11-15)22-20-9-5-8-19(21)18(20)14-16-6-3-2-4-7-16/h2-13,21H,14H2,1H3. The summed E-state index contributed by atoms with van der Waals surface area (Å²) in [6.45, 7) is 2.04. The SMILES string of the molecule is Cc1ccc(Oc2cccc(O)c2Cc2ccccc2)cc1. The fraction of sp³-hybridized carbons (Fsp3) is 0.100. The van der Waals surface area contributed by atoms with Crippen molar-refractivity contribution in [3.63, 3.8) is 0 Å². The summed E-state index contributed by atoms with van der Waals surface area (Å²) in [6, 6.07) is 23.3. The zero-order valence-electron chi connectivity index (χ0n) is 12.5. The molecule has 0 aliphatic rings. The lowest BCUT2D eigenvalue weighted by Crippen LogP contribution is -1.94. The number of phenols is 1. The lowest BCUT2D eigenvalue weighted by molar-refractivity contribution is 0.445. The Balaban J connectivity index is 1.91. The van der Waals surface area contributed by atoms with Gasteiger partial charge in [-0.2, -0.15) is 0 Å². The molecule has 22 heavy (non-hydrogen) atoms. The van der Waals surface area contributed by atoms with Crippen LogP contribution >= 0.6 is 0 Å². The number of benzene rings is 3. The third-order valence-electron chi connectivity index (χ3n) is 3.58. The van der Waals surface area contributed by atoms with Crippen LogP contribution in [0, 0.1) is 6.92 Å². The van der Waals surface area contributed by atoms with Crippen LogP contribution in [0.2, 0.25) is 0 Å². The molecule has 2 heteroatoms. The third-order valence-corrected chi connectivity index (χ3v) is 3.58. The normalized spacial score (nSPS) is 10.4. The van der Waals surface area contributed by atoms with E-state index in [1.807, 2.05) is 67.6 Å². The Morgan fingerprint density at radius 2 is 1.55 bits per heavy atom. The van der Waals surface area contributed by atoms with Crippen molar-refractivity contribution >= 4 is 0 Å². The predicted octanol–water partition coefficient (Wildman–Crippen LogP) is 5.08. The molecule has 0 aliphatic heterocycles. The van der Waals surface area contributed by atoms with Crippen molar-refractivity contribution in [1.82, 2.24) is 0 Å². The van der Waals surface area contributed by atoms with Crippen molar-refractivity contribution in [1.29, 1.82) is 0 Å². The van der Waals surface area contributed by atoms with E-state index in [9.17, 15) is 5.11 Å². The topological polar surface area (TPSA) is 29.5 Å². The van der Waals surface area contributed by atoms with Crippen LogP contribution in [0.4, 0.5) is 0 Å². The molecule has 3 rings (SSSR count). The van der Waals surface area contributed by atoms with E-state index >= 15 is 0 Å². The van der Waals surface area contributed by atoms with Crippen LogP contribution < -0.4 is 4.74 Å². The van der Waals surface area contributed by atoms with E-state index in [1.165, 1.54) is 5.56 Å². The minimum Gasteiger partial charge on any atom is -0.508 e. The number of ether oxygens (including phenoxy) is 1. The van der Waals surface area contributed by atoms with Gasteiger partial charge in [0.15, 0.2) is 0 Å². The molecular weight excluding hydrogens is 272 g/mol. The number of rotatable bonds is 4. The van der Waals surface area contributed by atoms with Gasteiger partial charge in [0.2, 0.25) is 0 Å². The van der Waals surface area contributed by atoms with Crippen LogP contribution in [0.1, 0.15) is 16.7 Å². The lowest BCUT2D eigenvalue weighted by atomic mass is 10.0. The highest BCUT2D eigenvalue weighted by atomic mass is 16.5. The molecule has 0 fully saturated rings. The molecule has 2 nitrogen and oxygen atoms in total. The Hall–Kier alpha value is -2.74. The number of aryl methyl sites for hydroxylation is 1. The largest absolute Gasteiger partial charge is 0.508 e. The van der Waals surface area contributed by atoms with Crippen molar-refractivity contribution in [2.24, 2.45) is 0 Å². The quantitative estimate of drug-likeness (QED) is 0.725. The minimum absolute atomic E-state index is 0.258. The second-order valence-electron chi connectivity index (χ2n) is 5.33. The monoisotopic (exact) mass is 290 g/mol. The van der Waals surface area contributed by atoms with E-state index in [2.05, 4.69) is 0 Å². The van der Waals surface area contributed by atoms with Crippen LogP contribution in [0.5, 0.6) is 17.2 Å². The molecule has 3 aromatic carbocycles. The average Bonchev–Trinajstić information content (AvgIpc) is 2.54. The molecule has 0 bridgehead atoms. The Morgan fingerprint density at radius 1 is 0.818 bits per heavy atom. The summed E-state index contributed by atoms with van der Waals surface area (Å²) in [4.78, 5) is 0. The first-order valence-corrected chi connectivity index (χ1v) is 7.32. The fourth-order valence-corrected chi connectivity index (χ4v) is 2.36. The van der Waals surface area contributed by atoms with Gasteiger partial charge in [0, 0.05) is 12.0 Å². The summed E-state index contributed by atoms with van der Waals surface area (Å²) in [7, 11) is 0. The van der Waals surface area contributed by atoms with E-state index in [-0.39, 0.29) is 5.75 Å². The Bertz CT molecular complexity index is 746. The number of phenolic OH excluding ortho intramolecular Hbond substituents is 1. The van der Waals surface area contributed by atoms with Crippen LogP contribution in [-0.2, 0) is 6.42 Å². The molecule has 0 saturated carbocycles. The average molecular weight is 290 g/mol. The van der Waals surface area contributed by atoms with Crippen molar-refractivity contribution in [3.05, 3.63) is 89.5 Å². The summed E-state index contributed by atoms with van der Waals surface area (Å²) >= 11 is 0. The summed E-state index contributed by atoms with van der Waals surface area (Å²) in [5.74, 6) is 1.71. The van der Waals surface area contributed by atoms with E-state index in [0.29, 0.717) is 12.2 Å². The molecule has 0 spiro atoms. The second-order valence-corrected chi connectivity index (χ2v) is 5.33. The Morgan fingerprint density at radius 3 is 2.27 bits per heavy atom. The maximum absolute atomic E-state index is 10.2. The van der Waals surface area contributed by atoms with Crippen LogP contribution in [0.25, 0.3) is 0 Å². The van der Waals surface area contributed by atoms with Gasteiger partial charge in [-0.1, -0.05) is 54.1 Å². The molecule has 0 unspecified atom stereocenters. The maximum atomic E-state index is 10.2. The van der Waals surface area contributed by atoms with Crippen LogP contribution in [-0.4, -0.2) is 5.11 Å². The zero-order valence-corrected chi connectivity index (χ0v) is 12.5. The van der Waals surface area contributed by atoms with Gasteiger partial charge in [0.05, 0.1) is 0 Å². The second kappa shape index (κ2) is 6.35. The van der Waals surface area contributed by atoms with Crippen LogP contribution in [0.15, 0.2) is 72.8 Å². The molecule has 110 valence electrons. The van der Waals surface area contributed by atoms with E-state index in [1.54, 1.807) is 12.1 Å². The van der Waals surface area contributed by atoms with Crippen molar-refractivity contribution in [2.75, 3.05) is 0 Å². The summed E-state index contributed by atoms with van der Waals surface area (Å²) in [6.07, 6.45) is 0.634. The Kier molecular flexibility index (Phi) is 4.10. The molecule has 1 N–H and O–H groups in total. The van der Waals surface area contributed by atoms with Gasteiger partial charge >= 0.3 is 0 Å². The first-order chi connectivity index (χ1) is 10.7. The van der Waals surface area contributed by atoms with E-state index in [0.717, 1.165) is 16.9 Å². The molecule has 0 heterocycles. The van der Waals surface area contributed by atoms with Gasteiger partial charge in [-0.3, -0.25) is 0 Å². The van der Waals surface area contributed by atoms with Crippen LogP contribution in [0.3, 0.4) is 0 Å². The lowest BCUT2D eigenvalue weighted by Gasteiger charge is -2.13. The number of aromatic hydroxyl groups is 1. The maximum Gasteiger partial charge on any atom is 0.134 e. The van der Waals surface area contributed by atoms with Gasteiger partial charge in [0.1, 0.15) is 17.2 Å². The molecular formula is C20H18O2. The van der Waals surface area contributed by atoms with Gasteiger partial charge < -0.3 is 9.84 Å². The fourth-order valence-electron chi connectivity index (χ4n) is 2.36. The summed E-state index contributed by atoms with van der Waals surface area (Å²) < 4.78 is 5.96. The first kappa shape index (κ1) is 14.2. The van der Waals surface area contributed by atoms with Crippen molar-refractivity contribution in [3.8, 4) is 17.2 Å². The van der Waals surface area contributed by atoms with Gasteiger partial charge in [-0.15, -0.1) is 0 Å².